The first-order chi connectivity index (χ1) is 32.0. The fourth-order valence-electron chi connectivity index (χ4n) is 8.10. The van der Waals surface area contributed by atoms with Gasteiger partial charge in [-0.05, 0) is 44.9 Å². The lowest BCUT2D eigenvalue weighted by molar-refractivity contribution is -0.332. The standard InChI is InChI=1S/C51H92O15/c1-3-5-7-9-11-13-15-17-19-21-23-25-27-29-31-33-42(53)61-36-39(64-43(54)34-32-30-28-26-24-22-20-18-16-14-12-10-8-6-4-2)37-62-50-49(60)47(58)45(56)41(66-50)38-63-51-48(59)46(57)44(55)40(35-52)65-51/h9,11,28,30,39-41,44-52,55-60H,3-8,10,12-27,29,31-38H2,1-2H3/b11-9+,30-28+/t39-,40-,41-,44+,45+,46?,47?,48?,49?,50-,51-/m1/s1. The Bertz CT molecular complexity index is 1250. The van der Waals surface area contributed by atoms with Crippen LogP contribution in [0.15, 0.2) is 24.3 Å². The number of ether oxygens (including phenoxy) is 6. The Morgan fingerprint density at radius 1 is 0.470 bits per heavy atom. The van der Waals surface area contributed by atoms with Crippen molar-refractivity contribution in [2.75, 3.05) is 26.4 Å². The van der Waals surface area contributed by atoms with Gasteiger partial charge in [0.2, 0.25) is 0 Å². The van der Waals surface area contributed by atoms with Gasteiger partial charge < -0.3 is 64.2 Å². The number of hydrogen-bond donors (Lipinski definition) is 7. The molecule has 2 fully saturated rings. The van der Waals surface area contributed by atoms with E-state index in [1.165, 1.54) is 116 Å². The van der Waals surface area contributed by atoms with Gasteiger partial charge in [0.1, 0.15) is 55.4 Å². The summed E-state index contributed by atoms with van der Waals surface area (Å²) in [5, 5.41) is 72.0. The van der Waals surface area contributed by atoms with E-state index in [1.54, 1.807) is 0 Å². The third kappa shape index (κ3) is 26.7. The van der Waals surface area contributed by atoms with Crippen molar-refractivity contribution in [3.8, 4) is 0 Å². The Balaban J connectivity index is 1.82. The molecule has 0 aromatic rings. The van der Waals surface area contributed by atoms with Crippen molar-refractivity contribution in [3.63, 3.8) is 0 Å². The van der Waals surface area contributed by atoms with Crippen molar-refractivity contribution in [1.29, 1.82) is 0 Å². The van der Waals surface area contributed by atoms with E-state index in [1.807, 2.05) is 6.08 Å². The van der Waals surface area contributed by atoms with Gasteiger partial charge in [-0.3, -0.25) is 9.59 Å². The first-order valence-electron chi connectivity index (χ1n) is 25.9. The molecule has 2 rings (SSSR count). The Kier molecular flexibility index (Phi) is 35.3. The second-order valence-electron chi connectivity index (χ2n) is 18.3. The average Bonchev–Trinajstić information content (AvgIpc) is 3.31. The van der Waals surface area contributed by atoms with E-state index < -0.39 is 99.3 Å². The first-order valence-corrected chi connectivity index (χ1v) is 25.9. The van der Waals surface area contributed by atoms with Gasteiger partial charge in [-0.1, -0.05) is 160 Å². The molecule has 15 heteroatoms. The number of carbonyl (C=O) groups is 2. The molecule has 386 valence electrons. The van der Waals surface area contributed by atoms with Gasteiger partial charge in [0.25, 0.3) is 0 Å². The summed E-state index contributed by atoms with van der Waals surface area (Å²) in [4.78, 5) is 25.7. The van der Waals surface area contributed by atoms with Crippen molar-refractivity contribution in [2.45, 2.75) is 261 Å². The third-order valence-electron chi connectivity index (χ3n) is 12.4. The minimum atomic E-state index is -1.77. The summed E-state index contributed by atoms with van der Waals surface area (Å²) < 4.78 is 33.5. The zero-order valence-corrected chi connectivity index (χ0v) is 40.7. The van der Waals surface area contributed by atoms with Gasteiger partial charge in [-0.25, -0.2) is 0 Å². The van der Waals surface area contributed by atoms with Gasteiger partial charge >= 0.3 is 11.9 Å². The van der Waals surface area contributed by atoms with Crippen LogP contribution < -0.4 is 0 Å². The molecule has 2 heterocycles. The Morgan fingerprint density at radius 3 is 1.44 bits per heavy atom. The molecule has 11 atom stereocenters. The SMILES string of the molecule is CCCC/C=C/CCCCCCCCCCCC(=O)OC[C@H](CO[C@@H]1O[C@H](CO[C@@H]2O[C@H](CO)[C@H](O)C(O)C2O)[C@H](O)C(O)C1O)OC(=O)CC/C=C/CCCCCCCCCCCCC. The third-order valence-corrected chi connectivity index (χ3v) is 12.4. The number of allylic oxidation sites excluding steroid dienone is 4. The van der Waals surface area contributed by atoms with Crippen molar-refractivity contribution < 1.29 is 73.8 Å². The van der Waals surface area contributed by atoms with E-state index in [9.17, 15) is 45.3 Å². The smallest absolute Gasteiger partial charge is 0.306 e. The number of esters is 2. The lowest BCUT2D eigenvalue weighted by Gasteiger charge is -2.42. The highest BCUT2D eigenvalue weighted by molar-refractivity contribution is 5.70. The molecule has 4 unspecified atom stereocenters. The van der Waals surface area contributed by atoms with Crippen LogP contribution in [-0.4, -0.2) is 142 Å². The molecule has 0 aromatic carbocycles. The summed E-state index contributed by atoms with van der Waals surface area (Å²) in [7, 11) is 0. The van der Waals surface area contributed by atoms with Crippen LogP contribution in [0.4, 0.5) is 0 Å². The minimum Gasteiger partial charge on any atom is -0.462 e. The Morgan fingerprint density at radius 2 is 0.909 bits per heavy atom. The molecule has 2 saturated heterocycles. The number of aliphatic hydroxyl groups excluding tert-OH is 7. The number of rotatable bonds is 40. The second kappa shape index (κ2) is 38.8. The molecule has 0 aromatic heterocycles. The number of unbranched alkanes of at least 4 members (excludes halogenated alkanes) is 22. The Hall–Kier alpha value is -2.02. The summed E-state index contributed by atoms with van der Waals surface area (Å²) in [6.07, 6.45) is 22.2. The van der Waals surface area contributed by atoms with Crippen LogP contribution in [0.3, 0.4) is 0 Å². The van der Waals surface area contributed by atoms with Crippen molar-refractivity contribution in [3.05, 3.63) is 24.3 Å². The summed E-state index contributed by atoms with van der Waals surface area (Å²) >= 11 is 0. The van der Waals surface area contributed by atoms with Crippen molar-refractivity contribution >= 4 is 11.9 Å². The molecule has 2 aliphatic rings. The fraction of sp³-hybridized carbons (Fsp3) is 0.882. The first kappa shape index (κ1) is 60.1. The fourth-order valence-corrected chi connectivity index (χ4v) is 8.10. The maximum absolute atomic E-state index is 13.0. The number of aliphatic hydroxyl groups is 7. The molecule has 0 bridgehead atoms. The number of hydrogen-bond acceptors (Lipinski definition) is 15. The second-order valence-corrected chi connectivity index (χ2v) is 18.3. The van der Waals surface area contributed by atoms with Gasteiger partial charge in [-0.15, -0.1) is 0 Å². The largest absolute Gasteiger partial charge is 0.462 e. The zero-order chi connectivity index (χ0) is 48.2. The van der Waals surface area contributed by atoms with Crippen LogP contribution in [0.5, 0.6) is 0 Å². The predicted molar refractivity (Wildman–Crippen MR) is 252 cm³/mol. The van der Waals surface area contributed by atoms with Crippen LogP contribution in [0.1, 0.15) is 194 Å². The quantitative estimate of drug-likeness (QED) is 0.0184. The summed E-state index contributed by atoms with van der Waals surface area (Å²) in [5.74, 6) is -0.979. The zero-order valence-electron chi connectivity index (χ0n) is 40.7. The van der Waals surface area contributed by atoms with Crippen LogP contribution in [-0.2, 0) is 38.0 Å². The molecule has 0 saturated carbocycles. The summed E-state index contributed by atoms with van der Waals surface area (Å²) in [6, 6.07) is 0. The molecule has 0 spiro atoms. The van der Waals surface area contributed by atoms with Gasteiger partial charge in [0, 0.05) is 12.8 Å². The lowest BCUT2D eigenvalue weighted by Crippen LogP contribution is -2.61. The van der Waals surface area contributed by atoms with E-state index in [0.29, 0.717) is 12.8 Å². The molecule has 66 heavy (non-hydrogen) atoms. The van der Waals surface area contributed by atoms with Gasteiger partial charge in [-0.2, -0.15) is 0 Å². The maximum Gasteiger partial charge on any atom is 0.306 e. The molecular formula is C51H92O15. The topological polar surface area (TPSA) is 231 Å². The highest BCUT2D eigenvalue weighted by atomic mass is 16.7. The molecular weight excluding hydrogens is 853 g/mol. The van der Waals surface area contributed by atoms with Crippen LogP contribution >= 0.6 is 0 Å². The highest BCUT2D eigenvalue weighted by Gasteiger charge is 2.47. The van der Waals surface area contributed by atoms with Crippen molar-refractivity contribution in [1.82, 2.24) is 0 Å². The van der Waals surface area contributed by atoms with Crippen LogP contribution in [0, 0.1) is 0 Å². The lowest BCUT2D eigenvalue weighted by atomic mass is 9.98. The van der Waals surface area contributed by atoms with Crippen LogP contribution in [0.2, 0.25) is 0 Å². The summed E-state index contributed by atoms with van der Waals surface area (Å²) in [6.45, 7) is 2.53. The van der Waals surface area contributed by atoms with Crippen molar-refractivity contribution in [2.24, 2.45) is 0 Å². The Labute approximate surface area is 396 Å². The maximum atomic E-state index is 13.0. The van der Waals surface area contributed by atoms with E-state index in [-0.39, 0.29) is 19.4 Å². The predicted octanol–water partition coefficient (Wildman–Crippen LogP) is 7.16. The van der Waals surface area contributed by atoms with E-state index in [4.69, 9.17) is 28.4 Å². The van der Waals surface area contributed by atoms with Gasteiger partial charge in [0.05, 0.1) is 19.8 Å². The molecule has 15 nitrogen and oxygen atoms in total. The van der Waals surface area contributed by atoms with Crippen LogP contribution in [0.25, 0.3) is 0 Å². The normalized spacial score (nSPS) is 26.3. The number of carbonyl (C=O) groups excluding carboxylic acids is 2. The molecule has 0 amide bonds. The molecule has 0 aliphatic carbocycles. The molecule has 7 N–H and O–H groups in total. The monoisotopic (exact) mass is 945 g/mol. The van der Waals surface area contributed by atoms with E-state index in [2.05, 4.69) is 32.1 Å². The minimum absolute atomic E-state index is 0.0838. The summed E-state index contributed by atoms with van der Waals surface area (Å²) in [5.41, 5.74) is 0. The van der Waals surface area contributed by atoms with E-state index >= 15 is 0 Å². The average molecular weight is 945 g/mol. The van der Waals surface area contributed by atoms with Gasteiger partial charge in [0.15, 0.2) is 18.7 Å². The molecule has 2 aliphatic heterocycles. The van der Waals surface area contributed by atoms with E-state index in [0.717, 1.165) is 38.5 Å². The molecule has 0 radical (unpaired) electrons. The highest BCUT2D eigenvalue weighted by Crippen LogP contribution is 2.26.